The van der Waals surface area contributed by atoms with Crippen LogP contribution in [0.5, 0.6) is 0 Å². The molecule has 0 radical (unpaired) electrons. The van der Waals surface area contributed by atoms with E-state index in [1.165, 1.54) is 29.5 Å². The van der Waals surface area contributed by atoms with E-state index in [2.05, 4.69) is 34.9 Å². The molecule has 3 aromatic rings. The minimum absolute atomic E-state index is 0.0818. The van der Waals surface area contributed by atoms with Crippen molar-refractivity contribution in [3.8, 4) is 11.4 Å². The number of benzene rings is 2. The number of carbonyl (C=O) groups excluding carboxylic acids is 1. The van der Waals surface area contributed by atoms with Crippen LogP contribution in [0.25, 0.3) is 22.3 Å². The average Bonchev–Trinajstić information content (AvgIpc) is 2.70. The van der Waals surface area contributed by atoms with Crippen molar-refractivity contribution in [3.05, 3.63) is 66.5 Å². The van der Waals surface area contributed by atoms with Crippen LogP contribution in [0.15, 0.2) is 60.1 Å². The number of hydrogen-bond acceptors (Lipinski definition) is 4. The molecule has 0 aliphatic heterocycles. The molecule has 4 nitrogen and oxygen atoms in total. The van der Waals surface area contributed by atoms with Gasteiger partial charge < -0.3 is 5.32 Å². The van der Waals surface area contributed by atoms with E-state index in [4.69, 9.17) is 0 Å². The van der Waals surface area contributed by atoms with E-state index < -0.39 is 0 Å². The molecule has 0 unspecified atom stereocenters. The lowest BCUT2D eigenvalue weighted by Crippen LogP contribution is -2.24. The van der Waals surface area contributed by atoms with Gasteiger partial charge in [-0.1, -0.05) is 30.8 Å². The molecular weight excluding hydrogens is 361 g/mol. The number of hydrogen-bond donors (Lipinski definition) is 1. The second-order valence-electron chi connectivity index (χ2n) is 5.95. The van der Waals surface area contributed by atoms with Crippen molar-refractivity contribution in [2.75, 3.05) is 12.3 Å². The van der Waals surface area contributed by atoms with E-state index in [-0.39, 0.29) is 17.5 Å². The van der Waals surface area contributed by atoms with Crippen LogP contribution in [0.2, 0.25) is 0 Å². The van der Waals surface area contributed by atoms with Crippen LogP contribution in [0.4, 0.5) is 4.39 Å². The first-order valence-corrected chi connectivity index (χ1v) is 9.66. The van der Waals surface area contributed by atoms with Gasteiger partial charge in [-0.3, -0.25) is 4.79 Å². The van der Waals surface area contributed by atoms with E-state index in [0.29, 0.717) is 12.4 Å². The molecule has 3 rings (SSSR count). The van der Waals surface area contributed by atoms with Gasteiger partial charge in [0.2, 0.25) is 5.91 Å². The quantitative estimate of drug-likeness (QED) is 0.375. The second kappa shape index (κ2) is 8.77. The Morgan fingerprint density at radius 1 is 1.22 bits per heavy atom. The summed E-state index contributed by atoms with van der Waals surface area (Å²) >= 11 is 1.37. The smallest absolute Gasteiger partial charge is 0.230 e. The van der Waals surface area contributed by atoms with Crippen LogP contribution in [-0.2, 0) is 11.2 Å². The van der Waals surface area contributed by atoms with E-state index in [0.717, 1.165) is 27.9 Å². The number of thioether (sulfide) groups is 1. The van der Waals surface area contributed by atoms with Gasteiger partial charge in [0, 0.05) is 17.5 Å². The lowest BCUT2D eigenvalue weighted by Gasteiger charge is -2.10. The highest BCUT2D eigenvalue weighted by molar-refractivity contribution is 8.00. The minimum Gasteiger partial charge on any atom is -0.352 e. The average molecular weight is 381 g/mol. The van der Waals surface area contributed by atoms with Crippen LogP contribution in [-0.4, -0.2) is 28.2 Å². The van der Waals surface area contributed by atoms with Gasteiger partial charge in [-0.25, -0.2) is 14.4 Å². The standard InChI is InChI=1S/C21H20FN3OS/c1-3-11-23-19(26)13-27-21-17-12-14(4-2)5-10-18(17)24-20(25-21)15-6-8-16(22)9-7-15/h3,5-10,12H,1,4,11,13H2,2H3,(H,23,26). The third kappa shape index (κ3) is 4.71. The van der Waals surface area contributed by atoms with Gasteiger partial charge >= 0.3 is 0 Å². The van der Waals surface area contributed by atoms with E-state index in [1.54, 1.807) is 18.2 Å². The van der Waals surface area contributed by atoms with Gasteiger partial charge in [0.25, 0.3) is 0 Å². The number of carbonyl (C=O) groups is 1. The lowest BCUT2D eigenvalue weighted by molar-refractivity contribution is -0.118. The molecule has 0 saturated heterocycles. The summed E-state index contributed by atoms with van der Waals surface area (Å²) in [5.41, 5.74) is 2.71. The fourth-order valence-corrected chi connectivity index (χ4v) is 3.42. The summed E-state index contributed by atoms with van der Waals surface area (Å²) in [6.45, 7) is 6.12. The highest BCUT2D eigenvalue weighted by Crippen LogP contribution is 2.29. The number of aryl methyl sites for hydroxylation is 1. The molecule has 0 fully saturated rings. The molecule has 0 aliphatic rings. The molecular formula is C21H20FN3OS. The van der Waals surface area contributed by atoms with Crippen molar-refractivity contribution in [1.29, 1.82) is 0 Å². The molecule has 1 heterocycles. The summed E-state index contributed by atoms with van der Waals surface area (Å²) in [7, 11) is 0. The number of halogens is 1. The normalized spacial score (nSPS) is 10.7. The molecule has 138 valence electrons. The van der Waals surface area contributed by atoms with Crippen LogP contribution >= 0.6 is 11.8 Å². The molecule has 1 aromatic heterocycles. The zero-order chi connectivity index (χ0) is 19.2. The molecule has 0 atom stereocenters. The van der Waals surface area contributed by atoms with Crippen LogP contribution in [0.1, 0.15) is 12.5 Å². The zero-order valence-electron chi connectivity index (χ0n) is 15.0. The van der Waals surface area contributed by atoms with Gasteiger partial charge in [-0.15, -0.1) is 6.58 Å². The number of nitrogens with zero attached hydrogens (tertiary/aromatic N) is 2. The van der Waals surface area contributed by atoms with E-state index in [9.17, 15) is 9.18 Å². The van der Waals surface area contributed by atoms with Gasteiger partial charge in [-0.05, 0) is 48.4 Å². The minimum atomic E-state index is -0.305. The monoisotopic (exact) mass is 381 g/mol. The molecule has 1 N–H and O–H groups in total. The first-order valence-electron chi connectivity index (χ1n) is 8.67. The Morgan fingerprint density at radius 2 is 2.00 bits per heavy atom. The van der Waals surface area contributed by atoms with Crippen molar-refractivity contribution in [2.24, 2.45) is 0 Å². The number of amides is 1. The Labute approximate surface area is 161 Å². The second-order valence-corrected chi connectivity index (χ2v) is 6.91. The van der Waals surface area contributed by atoms with Gasteiger partial charge in [0.05, 0.1) is 11.3 Å². The Hall–Kier alpha value is -2.73. The van der Waals surface area contributed by atoms with E-state index in [1.807, 2.05) is 12.1 Å². The molecule has 0 spiro atoms. The van der Waals surface area contributed by atoms with E-state index >= 15 is 0 Å². The predicted octanol–water partition coefficient (Wildman–Crippen LogP) is 4.39. The maximum Gasteiger partial charge on any atom is 0.230 e. The molecule has 6 heteroatoms. The van der Waals surface area contributed by atoms with Gasteiger partial charge in [0.1, 0.15) is 10.8 Å². The largest absolute Gasteiger partial charge is 0.352 e. The third-order valence-electron chi connectivity index (χ3n) is 4.02. The van der Waals surface area contributed by atoms with Crippen LogP contribution in [0.3, 0.4) is 0 Å². The first-order chi connectivity index (χ1) is 13.1. The lowest BCUT2D eigenvalue weighted by atomic mass is 10.1. The number of rotatable bonds is 7. The molecule has 0 saturated carbocycles. The zero-order valence-corrected chi connectivity index (χ0v) is 15.9. The Kier molecular flexibility index (Phi) is 6.19. The topological polar surface area (TPSA) is 54.9 Å². The highest BCUT2D eigenvalue weighted by Gasteiger charge is 2.12. The molecule has 27 heavy (non-hydrogen) atoms. The number of aromatic nitrogens is 2. The number of nitrogens with one attached hydrogen (secondary N) is 1. The maximum absolute atomic E-state index is 13.2. The molecule has 0 aliphatic carbocycles. The van der Waals surface area contributed by atoms with Crippen molar-refractivity contribution >= 4 is 28.6 Å². The SMILES string of the molecule is C=CCNC(=O)CSc1nc(-c2ccc(F)cc2)nc2ccc(CC)cc12. The predicted molar refractivity (Wildman–Crippen MR) is 108 cm³/mol. The summed E-state index contributed by atoms with van der Waals surface area (Å²) in [4.78, 5) is 21.2. The van der Waals surface area contributed by atoms with Gasteiger partial charge in [0.15, 0.2) is 5.82 Å². The Balaban J connectivity index is 2.00. The fraction of sp³-hybridized carbons (Fsp3) is 0.190. The summed E-state index contributed by atoms with van der Waals surface area (Å²) in [6, 6.07) is 12.1. The molecule has 0 bridgehead atoms. The van der Waals surface area contributed by atoms with Crippen molar-refractivity contribution in [3.63, 3.8) is 0 Å². The maximum atomic E-state index is 13.2. The van der Waals surface area contributed by atoms with Gasteiger partial charge in [-0.2, -0.15) is 0 Å². The summed E-state index contributed by atoms with van der Waals surface area (Å²) in [5, 5.41) is 4.42. The fourth-order valence-electron chi connectivity index (χ4n) is 2.58. The van der Waals surface area contributed by atoms with Crippen LogP contribution in [0, 0.1) is 5.82 Å². The third-order valence-corrected chi connectivity index (χ3v) is 5.01. The molecule has 1 amide bonds. The summed E-state index contributed by atoms with van der Waals surface area (Å²) in [5.74, 6) is 0.377. The summed E-state index contributed by atoms with van der Waals surface area (Å²) < 4.78 is 13.2. The summed E-state index contributed by atoms with van der Waals surface area (Å²) in [6.07, 6.45) is 2.54. The molecule has 2 aromatic carbocycles. The Bertz CT molecular complexity index is 973. The first kappa shape index (κ1) is 19.0. The van der Waals surface area contributed by atoms with Crippen LogP contribution < -0.4 is 5.32 Å². The highest BCUT2D eigenvalue weighted by atomic mass is 32.2. The number of fused-ring (bicyclic) bond motifs is 1. The van der Waals surface area contributed by atoms with Crippen molar-refractivity contribution in [1.82, 2.24) is 15.3 Å². The van der Waals surface area contributed by atoms with Crippen molar-refractivity contribution in [2.45, 2.75) is 18.4 Å². The van der Waals surface area contributed by atoms with Crippen molar-refractivity contribution < 1.29 is 9.18 Å². The Morgan fingerprint density at radius 3 is 2.70 bits per heavy atom.